The molecule has 0 heterocycles. The predicted molar refractivity (Wildman–Crippen MR) is 247 cm³/mol. The van der Waals surface area contributed by atoms with E-state index in [1.807, 2.05) is 0 Å². The molecule has 0 spiro atoms. The number of carbonyl (C=O) groups excluding carboxylic acids is 3. The van der Waals surface area contributed by atoms with E-state index < -0.39 is 6.10 Å². The third kappa shape index (κ3) is 44.0. The second kappa shape index (κ2) is 43.5. The van der Waals surface area contributed by atoms with Crippen LogP contribution in [0.5, 0.6) is 0 Å². The lowest BCUT2D eigenvalue weighted by Gasteiger charge is -2.18. The molecule has 0 aliphatic heterocycles. The van der Waals surface area contributed by atoms with Gasteiger partial charge < -0.3 is 14.2 Å². The van der Waals surface area contributed by atoms with E-state index in [9.17, 15) is 14.4 Å². The molecule has 0 aromatic heterocycles. The van der Waals surface area contributed by atoms with Crippen LogP contribution in [0.1, 0.15) is 279 Å². The van der Waals surface area contributed by atoms with Crippen molar-refractivity contribution >= 4 is 17.9 Å². The monoisotopic (exact) mass is 821 g/mol. The van der Waals surface area contributed by atoms with Crippen LogP contribution in [0.4, 0.5) is 0 Å². The summed E-state index contributed by atoms with van der Waals surface area (Å²) in [4.78, 5) is 37.9. The fourth-order valence-corrected chi connectivity index (χ4v) is 7.73. The van der Waals surface area contributed by atoms with E-state index in [0.29, 0.717) is 19.3 Å². The summed E-state index contributed by atoms with van der Waals surface area (Å²) in [5, 5.41) is 0. The van der Waals surface area contributed by atoms with Gasteiger partial charge in [0.15, 0.2) is 6.10 Å². The van der Waals surface area contributed by atoms with Gasteiger partial charge in [-0.25, -0.2) is 0 Å². The lowest BCUT2D eigenvalue weighted by atomic mass is 9.99. The van der Waals surface area contributed by atoms with Gasteiger partial charge in [-0.3, -0.25) is 14.4 Å². The first-order valence-electron chi connectivity index (χ1n) is 25.6. The van der Waals surface area contributed by atoms with E-state index in [1.54, 1.807) is 0 Å². The van der Waals surface area contributed by atoms with Crippen LogP contribution < -0.4 is 0 Å². The molecule has 2 atom stereocenters. The van der Waals surface area contributed by atoms with Gasteiger partial charge in [-0.15, -0.1) is 0 Å². The van der Waals surface area contributed by atoms with Crippen molar-refractivity contribution in [2.24, 2.45) is 17.8 Å². The number of hydrogen-bond donors (Lipinski definition) is 0. The van der Waals surface area contributed by atoms with Crippen molar-refractivity contribution in [3.8, 4) is 0 Å². The molecule has 0 rings (SSSR count). The summed E-state index contributed by atoms with van der Waals surface area (Å²) in [6.07, 6.45) is 42.3. The molecule has 0 aliphatic carbocycles. The smallest absolute Gasteiger partial charge is 0.306 e. The number of esters is 3. The largest absolute Gasteiger partial charge is 0.462 e. The average molecular weight is 821 g/mol. The molecule has 0 amide bonds. The molecule has 0 radical (unpaired) electrons. The van der Waals surface area contributed by atoms with E-state index in [2.05, 4.69) is 41.5 Å². The molecular formula is C52H100O6. The van der Waals surface area contributed by atoms with Crippen LogP contribution in [0.3, 0.4) is 0 Å². The molecule has 0 bridgehead atoms. The van der Waals surface area contributed by atoms with Crippen LogP contribution in [-0.2, 0) is 28.6 Å². The van der Waals surface area contributed by atoms with Gasteiger partial charge in [0, 0.05) is 19.3 Å². The van der Waals surface area contributed by atoms with Crippen molar-refractivity contribution in [3.05, 3.63) is 0 Å². The third-order valence-corrected chi connectivity index (χ3v) is 12.0. The molecule has 0 saturated heterocycles. The maximum Gasteiger partial charge on any atom is 0.306 e. The Kier molecular flexibility index (Phi) is 42.3. The zero-order chi connectivity index (χ0) is 42.7. The van der Waals surface area contributed by atoms with E-state index in [1.165, 1.54) is 161 Å². The molecule has 1 unspecified atom stereocenters. The lowest BCUT2D eigenvalue weighted by molar-refractivity contribution is -0.167. The van der Waals surface area contributed by atoms with Crippen LogP contribution in [0.15, 0.2) is 0 Å². The van der Waals surface area contributed by atoms with Gasteiger partial charge in [-0.1, -0.05) is 241 Å². The molecule has 344 valence electrons. The van der Waals surface area contributed by atoms with Crippen molar-refractivity contribution in [3.63, 3.8) is 0 Å². The van der Waals surface area contributed by atoms with Gasteiger partial charge in [-0.2, -0.15) is 0 Å². The predicted octanol–water partition coefficient (Wildman–Crippen LogP) is 16.4. The fourth-order valence-electron chi connectivity index (χ4n) is 7.73. The van der Waals surface area contributed by atoms with E-state index in [-0.39, 0.29) is 31.1 Å². The zero-order valence-corrected chi connectivity index (χ0v) is 39.8. The maximum atomic E-state index is 12.8. The Balaban J connectivity index is 4.31. The zero-order valence-electron chi connectivity index (χ0n) is 39.8. The SMILES string of the molecule is CCC(C)CCCCCCCCCCC(=O)O[C@@H](COC(=O)CCCCCCCCCCCCCCCC(C)C)COC(=O)CCCCCCCCCCCC(C)C. The molecule has 58 heavy (non-hydrogen) atoms. The highest BCUT2D eigenvalue weighted by atomic mass is 16.6. The van der Waals surface area contributed by atoms with E-state index in [0.717, 1.165) is 75.5 Å². The van der Waals surface area contributed by atoms with Crippen LogP contribution >= 0.6 is 0 Å². The summed E-state index contributed by atoms with van der Waals surface area (Å²) in [6.45, 7) is 13.7. The van der Waals surface area contributed by atoms with Crippen molar-refractivity contribution in [2.45, 2.75) is 285 Å². The topological polar surface area (TPSA) is 78.9 Å². The third-order valence-electron chi connectivity index (χ3n) is 12.0. The van der Waals surface area contributed by atoms with Gasteiger partial charge in [0.1, 0.15) is 13.2 Å². The second-order valence-corrected chi connectivity index (χ2v) is 19.0. The lowest BCUT2D eigenvalue weighted by Crippen LogP contribution is -2.30. The Morgan fingerprint density at radius 2 is 0.603 bits per heavy atom. The van der Waals surface area contributed by atoms with Gasteiger partial charge in [0.05, 0.1) is 0 Å². The molecule has 0 fully saturated rings. The molecule has 0 N–H and O–H groups in total. The van der Waals surface area contributed by atoms with Gasteiger partial charge in [-0.05, 0) is 37.0 Å². The minimum atomic E-state index is -0.763. The highest BCUT2D eigenvalue weighted by Gasteiger charge is 2.19. The Hall–Kier alpha value is -1.59. The number of carbonyl (C=O) groups is 3. The van der Waals surface area contributed by atoms with Crippen LogP contribution in [-0.4, -0.2) is 37.2 Å². The molecule has 6 heteroatoms. The Labute approximate surface area is 361 Å². The van der Waals surface area contributed by atoms with Gasteiger partial charge >= 0.3 is 17.9 Å². The Bertz CT molecular complexity index is 900. The standard InChI is InChI=1S/C52H100O6/c1-7-48(6)40-34-28-22-18-19-25-31-37-43-52(55)58-49(45-57-51(54)42-36-30-24-17-13-15-21-27-33-39-47(4)5)44-56-50(53)41-35-29-23-16-12-10-8-9-11-14-20-26-32-38-46(2)3/h46-49H,7-45H2,1-6H3/t48?,49-/m0/s1. The molecular weight excluding hydrogens is 721 g/mol. The van der Waals surface area contributed by atoms with Gasteiger partial charge in [0.2, 0.25) is 0 Å². The summed E-state index contributed by atoms with van der Waals surface area (Å²) < 4.78 is 16.8. The first-order valence-corrected chi connectivity index (χ1v) is 25.6. The first kappa shape index (κ1) is 56.4. The van der Waals surface area contributed by atoms with Gasteiger partial charge in [0.25, 0.3) is 0 Å². The minimum Gasteiger partial charge on any atom is -0.462 e. The van der Waals surface area contributed by atoms with Crippen molar-refractivity contribution in [1.29, 1.82) is 0 Å². The van der Waals surface area contributed by atoms with Crippen molar-refractivity contribution < 1.29 is 28.6 Å². The summed E-state index contributed by atoms with van der Waals surface area (Å²) in [5.74, 6) is 1.64. The Morgan fingerprint density at radius 1 is 0.345 bits per heavy atom. The molecule has 0 aliphatic rings. The van der Waals surface area contributed by atoms with Crippen LogP contribution in [0.2, 0.25) is 0 Å². The summed E-state index contributed by atoms with van der Waals surface area (Å²) in [5.41, 5.74) is 0. The average Bonchev–Trinajstić information content (AvgIpc) is 3.19. The quantitative estimate of drug-likeness (QED) is 0.0346. The van der Waals surface area contributed by atoms with E-state index >= 15 is 0 Å². The Morgan fingerprint density at radius 3 is 0.897 bits per heavy atom. The number of unbranched alkanes of at least 4 members (excludes halogenated alkanes) is 27. The van der Waals surface area contributed by atoms with Crippen molar-refractivity contribution in [2.75, 3.05) is 13.2 Å². The highest BCUT2D eigenvalue weighted by Crippen LogP contribution is 2.18. The summed E-state index contributed by atoms with van der Waals surface area (Å²) in [7, 11) is 0. The number of rotatable bonds is 45. The highest BCUT2D eigenvalue weighted by molar-refractivity contribution is 5.71. The molecule has 0 aromatic rings. The van der Waals surface area contributed by atoms with Crippen LogP contribution in [0.25, 0.3) is 0 Å². The number of hydrogen-bond acceptors (Lipinski definition) is 6. The number of ether oxygens (including phenoxy) is 3. The van der Waals surface area contributed by atoms with E-state index in [4.69, 9.17) is 14.2 Å². The summed E-state index contributed by atoms with van der Waals surface area (Å²) in [6, 6.07) is 0. The van der Waals surface area contributed by atoms with Crippen molar-refractivity contribution in [1.82, 2.24) is 0 Å². The molecule has 0 saturated carbocycles. The first-order chi connectivity index (χ1) is 28.1. The van der Waals surface area contributed by atoms with Crippen LogP contribution in [0, 0.1) is 17.8 Å². The minimum absolute atomic E-state index is 0.0652. The molecule has 0 aromatic carbocycles. The maximum absolute atomic E-state index is 12.8. The summed E-state index contributed by atoms with van der Waals surface area (Å²) >= 11 is 0. The normalized spacial score (nSPS) is 12.6. The second-order valence-electron chi connectivity index (χ2n) is 19.0. The molecule has 6 nitrogen and oxygen atoms in total. The fraction of sp³-hybridized carbons (Fsp3) is 0.942.